The number of nitrogens with one attached hydrogen (secondary N) is 2. The summed E-state index contributed by atoms with van der Waals surface area (Å²) in [7, 11) is 0. The van der Waals surface area contributed by atoms with E-state index in [4.69, 9.17) is 0 Å². The molecule has 0 atom stereocenters. The highest BCUT2D eigenvalue weighted by Gasteiger charge is 2.26. The summed E-state index contributed by atoms with van der Waals surface area (Å²) in [4.78, 5) is 44.1. The number of aromatic nitrogens is 2. The molecule has 9 heteroatoms. The third-order valence-electron chi connectivity index (χ3n) is 4.88. The lowest BCUT2D eigenvalue weighted by atomic mass is 10.2. The summed E-state index contributed by atoms with van der Waals surface area (Å²) in [5.74, 6) is -1.64. The molecular formula is C24H21FN4O3S. The topological polar surface area (TPSA) is 92.6 Å². The number of carbonyl (C=O) groups excluding carboxylic acids is 2. The Morgan fingerprint density at radius 2 is 1.76 bits per heavy atom. The predicted molar refractivity (Wildman–Crippen MR) is 127 cm³/mol. The first kappa shape index (κ1) is 22.3. The number of anilines is 2. The maximum Gasteiger partial charge on any atom is 0.274 e. The zero-order valence-electron chi connectivity index (χ0n) is 18.0. The van der Waals surface area contributed by atoms with E-state index in [1.807, 2.05) is 19.9 Å². The number of benzene rings is 2. The van der Waals surface area contributed by atoms with Gasteiger partial charge >= 0.3 is 0 Å². The van der Waals surface area contributed by atoms with Gasteiger partial charge in [-0.1, -0.05) is 36.8 Å². The zero-order chi connectivity index (χ0) is 23.5. The minimum Gasteiger partial charge on any atom is -0.321 e. The minimum absolute atomic E-state index is 0.0303. The number of thiazole rings is 1. The molecule has 4 rings (SSSR count). The van der Waals surface area contributed by atoms with Gasteiger partial charge in [0.05, 0.1) is 0 Å². The van der Waals surface area contributed by atoms with Crippen LogP contribution in [0.5, 0.6) is 0 Å². The standard InChI is InChI=1S/C24H21FN4O3S/c1-3-5-17-13-19(30)29-20(22(31)27-18-7-4-6-14(2)12-18)21(33-24(29)28-17)23(32)26-16-10-8-15(25)9-11-16/h4,6-13H,3,5H2,1-2H3,(H,26,32)(H,27,31). The summed E-state index contributed by atoms with van der Waals surface area (Å²) in [5, 5.41) is 5.42. The van der Waals surface area contributed by atoms with Crippen molar-refractivity contribution in [2.75, 3.05) is 10.6 Å². The second-order valence-corrected chi connectivity index (χ2v) is 8.50. The van der Waals surface area contributed by atoms with Gasteiger partial charge in [0, 0.05) is 23.1 Å². The van der Waals surface area contributed by atoms with Crippen molar-refractivity contribution in [1.82, 2.24) is 9.38 Å². The van der Waals surface area contributed by atoms with Gasteiger partial charge in [-0.15, -0.1) is 0 Å². The molecular weight excluding hydrogens is 443 g/mol. The summed E-state index contributed by atoms with van der Waals surface area (Å²) in [6.07, 6.45) is 1.40. The molecule has 2 aromatic heterocycles. The van der Waals surface area contributed by atoms with Crippen molar-refractivity contribution in [3.63, 3.8) is 0 Å². The van der Waals surface area contributed by atoms with Crippen LogP contribution in [-0.2, 0) is 6.42 Å². The molecule has 0 fully saturated rings. The van der Waals surface area contributed by atoms with Gasteiger partial charge in [0.15, 0.2) is 4.96 Å². The Kier molecular flexibility index (Phi) is 6.32. The Bertz CT molecular complexity index is 1410. The largest absolute Gasteiger partial charge is 0.321 e. The molecule has 168 valence electrons. The lowest BCUT2D eigenvalue weighted by molar-refractivity contribution is 0.0989. The van der Waals surface area contributed by atoms with Gasteiger partial charge in [0.1, 0.15) is 16.4 Å². The second-order valence-electron chi connectivity index (χ2n) is 7.52. The molecule has 2 aromatic carbocycles. The third kappa shape index (κ3) is 4.83. The van der Waals surface area contributed by atoms with E-state index in [1.54, 1.807) is 18.2 Å². The lowest BCUT2D eigenvalue weighted by Gasteiger charge is -2.09. The number of aryl methyl sites for hydroxylation is 2. The summed E-state index contributed by atoms with van der Waals surface area (Å²) in [6, 6.07) is 13.8. The van der Waals surface area contributed by atoms with Gasteiger partial charge in [0.25, 0.3) is 17.4 Å². The normalized spacial score (nSPS) is 10.9. The molecule has 0 saturated carbocycles. The van der Waals surface area contributed by atoms with E-state index < -0.39 is 23.2 Å². The van der Waals surface area contributed by atoms with Crippen molar-refractivity contribution >= 4 is 39.5 Å². The lowest BCUT2D eigenvalue weighted by Crippen LogP contribution is -2.25. The van der Waals surface area contributed by atoms with E-state index >= 15 is 0 Å². The van der Waals surface area contributed by atoms with Gasteiger partial charge in [-0.05, 0) is 55.3 Å². The Hall–Kier alpha value is -3.85. The van der Waals surface area contributed by atoms with E-state index in [9.17, 15) is 18.8 Å². The fourth-order valence-corrected chi connectivity index (χ4v) is 4.44. The summed E-state index contributed by atoms with van der Waals surface area (Å²) >= 11 is 0.956. The van der Waals surface area contributed by atoms with Gasteiger partial charge in [0.2, 0.25) is 0 Å². The monoisotopic (exact) mass is 464 g/mol. The van der Waals surface area contributed by atoms with Crippen LogP contribution >= 0.6 is 11.3 Å². The third-order valence-corrected chi connectivity index (χ3v) is 5.92. The van der Waals surface area contributed by atoms with Crippen molar-refractivity contribution in [3.05, 3.63) is 92.6 Å². The highest BCUT2D eigenvalue weighted by molar-refractivity contribution is 7.19. The number of amides is 2. The van der Waals surface area contributed by atoms with Crippen molar-refractivity contribution in [2.45, 2.75) is 26.7 Å². The maximum atomic E-state index is 13.3. The zero-order valence-corrected chi connectivity index (χ0v) is 18.8. The molecule has 0 unspecified atom stereocenters. The van der Waals surface area contributed by atoms with Gasteiger partial charge in [-0.3, -0.25) is 14.4 Å². The number of hydrogen-bond donors (Lipinski definition) is 2. The number of halogens is 1. The Balaban J connectivity index is 1.80. The quantitative estimate of drug-likeness (QED) is 0.434. The fraction of sp³-hybridized carbons (Fsp3) is 0.167. The van der Waals surface area contributed by atoms with Crippen molar-refractivity contribution in [3.8, 4) is 0 Å². The van der Waals surface area contributed by atoms with Crippen molar-refractivity contribution in [2.24, 2.45) is 0 Å². The maximum absolute atomic E-state index is 13.3. The van der Waals surface area contributed by atoms with E-state index in [-0.39, 0.29) is 15.5 Å². The average Bonchev–Trinajstić information content (AvgIpc) is 3.16. The van der Waals surface area contributed by atoms with Crippen LogP contribution in [0.1, 0.15) is 44.8 Å². The van der Waals surface area contributed by atoms with Gasteiger partial charge < -0.3 is 10.6 Å². The number of nitrogens with zero attached hydrogens (tertiary/aromatic N) is 2. The van der Waals surface area contributed by atoms with Crippen LogP contribution < -0.4 is 16.2 Å². The first-order valence-corrected chi connectivity index (χ1v) is 11.2. The Morgan fingerprint density at radius 1 is 1.03 bits per heavy atom. The molecule has 2 amide bonds. The molecule has 0 aliphatic rings. The molecule has 0 aliphatic carbocycles. The predicted octanol–water partition coefficient (Wildman–Crippen LogP) is 4.66. The molecule has 0 saturated heterocycles. The SMILES string of the molecule is CCCc1cc(=O)n2c(C(=O)Nc3cccc(C)c3)c(C(=O)Nc3ccc(F)cc3)sc2n1. The van der Waals surface area contributed by atoms with Gasteiger partial charge in [-0.25, -0.2) is 13.8 Å². The smallest absolute Gasteiger partial charge is 0.274 e. The van der Waals surface area contributed by atoms with Crippen LogP contribution in [0.3, 0.4) is 0 Å². The van der Waals surface area contributed by atoms with E-state index in [2.05, 4.69) is 15.6 Å². The number of carbonyl (C=O) groups is 2. The first-order valence-electron chi connectivity index (χ1n) is 10.4. The van der Waals surface area contributed by atoms with Crippen LogP contribution in [0.25, 0.3) is 4.96 Å². The molecule has 2 N–H and O–H groups in total. The Labute approximate surface area is 192 Å². The molecule has 33 heavy (non-hydrogen) atoms. The molecule has 0 aliphatic heterocycles. The molecule has 0 spiro atoms. The average molecular weight is 465 g/mol. The van der Waals surface area contributed by atoms with Crippen LogP contribution in [0.4, 0.5) is 15.8 Å². The fourth-order valence-electron chi connectivity index (χ4n) is 3.40. The second kappa shape index (κ2) is 9.33. The molecule has 4 aromatic rings. The van der Waals surface area contributed by atoms with Crippen LogP contribution in [-0.4, -0.2) is 21.2 Å². The summed E-state index contributed by atoms with van der Waals surface area (Å²) in [5.41, 5.74) is 1.90. The molecule has 7 nitrogen and oxygen atoms in total. The highest BCUT2D eigenvalue weighted by Crippen LogP contribution is 2.24. The highest BCUT2D eigenvalue weighted by atomic mass is 32.1. The number of fused-ring (bicyclic) bond motifs is 1. The summed E-state index contributed by atoms with van der Waals surface area (Å²) < 4.78 is 14.4. The van der Waals surface area contributed by atoms with Crippen LogP contribution in [0.15, 0.2) is 59.4 Å². The first-order chi connectivity index (χ1) is 15.9. The van der Waals surface area contributed by atoms with E-state index in [0.717, 1.165) is 27.7 Å². The molecule has 0 radical (unpaired) electrons. The van der Waals surface area contributed by atoms with Crippen molar-refractivity contribution < 1.29 is 14.0 Å². The summed E-state index contributed by atoms with van der Waals surface area (Å²) in [6.45, 7) is 3.86. The molecule has 2 heterocycles. The number of hydrogen-bond acceptors (Lipinski definition) is 5. The Morgan fingerprint density at radius 3 is 2.45 bits per heavy atom. The van der Waals surface area contributed by atoms with Crippen molar-refractivity contribution in [1.29, 1.82) is 0 Å². The van der Waals surface area contributed by atoms with Gasteiger partial charge in [-0.2, -0.15) is 0 Å². The van der Waals surface area contributed by atoms with Crippen LogP contribution in [0.2, 0.25) is 0 Å². The minimum atomic E-state index is -0.608. The van der Waals surface area contributed by atoms with E-state index in [1.165, 1.54) is 30.3 Å². The van der Waals surface area contributed by atoms with E-state index in [0.29, 0.717) is 23.5 Å². The van der Waals surface area contributed by atoms with Crippen LogP contribution in [0, 0.1) is 12.7 Å². The molecule has 0 bridgehead atoms. The number of rotatable bonds is 6.